The van der Waals surface area contributed by atoms with E-state index in [4.69, 9.17) is 12.2 Å². The molecule has 1 aliphatic rings. The van der Waals surface area contributed by atoms with Crippen LogP contribution in [-0.2, 0) is 9.59 Å². The molecule has 0 spiro atoms. The molecule has 2 amide bonds. The first-order valence-corrected chi connectivity index (χ1v) is 7.14. The predicted molar refractivity (Wildman–Crippen MR) is 79.4 cm³/mol. The Hall–Kier alpha value is -1.23. The first-order chi connectivity index (χ1) is 8.95. The second-order valence-electron chi connectivity index (χ2n) is 4.98. The van der Waals surface area contributed by atoms with Crippen LogP contribution in [0.4, 0.5) is 0 Å². The monoisotopic (exact) mass is 282 g/mol. The second-order valence-corrected chi connectivity index (χ2v) is 5.37. The zero-order chi connectivity index (χ0) is 14.6. The fraction of sp³-hybridized carbons (Fsp3) is 0.643. The average Bonchev–Trinajstić information content (AvgIpc) is 2.36. The summed E-state index contributed by atoms with van der Waals surface area (Å²) in [6.07, 6.45) is 3.87. The van der Waals surface area contributed by atoms with Crippen molar-refractivity contribution in [3.63, 3.8) is 0 Å². The van der Waals surface area contributed by atoms with Gasteiger partial charge in [0.15, 0.2) is 5.11 Å². The molecule has 0 aromatic heterocycles. The molecule has 0 bridgehead atoms. The van der Waals surface area contributed by atoms with E-state index in [2.05, 4.69) is 18.8 Å². The lowest BCUT2D eigenvalue weighted by Crippen LogP contribution is -2.65. The van der Waals surface area contributed by atoms with Crippen LogP contribution in [0.1, 0.15) is 40.0 Å². The number of thiocarbonyl (C=S) groups is 1. The van der Waals surface area contributed by atoms with Gasteiger partial charge in [0.1, 0.15) is 5.41 Å². The van der Waals surface area contributed by atoms with E-state index in [-0.39, 0.29) is 22.8 Å². The molecule has 0 aromatic carbocycles. The van der Waals surface area contributed by atoms with Gasteiger partial charge in [0.05, 0.1) is 0 Å². The maximum atomic E-state index is 12.7. The van der Waals surface area contributed by atoms with Gasteiger partial charge < -0.3 is 5.32 Å². The highest BCUT2D eigenvalue weighted by atomic mass is 32.1. The van der Waals surface area contributed by atoms with Crippen LogP contribution < -0.4 is 5.32 Å². The second kappa shape index (κ2) is 6.28. The van der Waals surface area contributed by atoms with Crippen LogP contribution in [0.3, 0.4) is 0 Å². The largest absolute Gasteiger partial charge is 0.302 e. The van der Waals surface area contributed by atoms with Crippen molar-refractivity contribution in [1.82, 2.24) is 10.2 Å². The van der Waals surface area contributed by atoms with Crippen molar-refractivity contribution in [3.05, 3.63) is 12.7 Å². The summed E-state index contributed by atoms with van der Waals surface area (Å²) in [5, 5.41) is 2.86. The molecule has 19 heavy (non-hydrogen) atoms. The first kappa shape index (κ1) is 15.8. The number of carbonyl (C=O) groups is 2. The number of nitrogens with zero attached hydrogens (tertiary/aromatic N) is 1. The average molecular weight is 282 g/mol. The molecule has 106 valence electrons. The molecule has 0 saturated carbocycles. The molecule has 2 atom stereocenters. The fourth-order valence-electron chi connectivity index (χ4n) is 2.78. The van der Waals surface area contributed by atoms with Gasteiger partial charge in [0.25, 0.3) is 0 Å². The Morgan fingerprint density at radius 2 is 2.11 bits per heavy atom. The number of hydrogen-bond acceptors (Lipinski definition) is 3. The normalized spacial score (nSPS) is 25.2. The van der Waals surface area contributed by atoms with Crippen molar-refractivity contribution in [1.29, 1.82) is 0 Å². The molecule has 1 saturated heterocycles. The third-order valence-electron chi connectivity index (χ3n) is 3.93. The Morgan fingerprint density at radius 3 is 2.58 bits per heavy atom. The van der Waals surface area contributed by atoms with Crippen molar-refractivity contribution in [2.45, 2.75) is 40.0 Å². The van der Waals surface area contributed by atoms with Crippen molar-refractivity contribution < 1.29 is 9.59 Å². The molecule has 1 fully saturated rings. The maximum absolute atomic E-state index is 12.7. The Bertz CT molecular complexity index is 408. The number of rotatable bonds is 6. The van der Waals surface area contributed by atoms with Crippen LogP contribution in [0.15, 0.2) is 12.7 Å². The van der Waals surface area contributed by atoms with Crippen LogP contribution >= 0.6 is 12.2 Å². The van der Waals surface area contributed by atoms with Gasteiger partial charge in [0, 0.05) is 6.54 Å². The lowest BCUT2D eigenvalue weighted by molar-refractivity contribution is -0.154. The summed E-state index contributed by atoms with van der Waals surface area (Å²) < 4.78 is 0. The molecule has 5 heteroatoms. The number of hydrogen-bond donors (Lipinski definition) is 1. The minimum atomic E-state index is -0.999. The molecule has 1 N–H and O–H groups in total. The molecule has 1 aliphatic heterocycles. The number of nitrogens with one attached hydrogen (secondary N) is 1. The summed E-state index contributed by atoms with van der Waals surface area (Å²) in [7, 11) is 0. The maximum Gasteiger partial charge on any atom is 0.245 e. The van der Waals surface area contributed by atoms with Crippen LogP contribution in [0, 0.1) is 11.3 Å². The minimum Gasteiger partial charge on any atom is -0.302 e. The molecule has 0 radical (unpaired) electrons. The lowest BCUT2D eigenvalue weighted by Gasteiger charge is -2.43. The SMILES string of the molecule is C=CCN1C(=O)C(CC)(C(C)CCC)C(=O)NC1=S. The van der Waals surface area contributed by atoms with Gasteiger partial charge in [-0.2, -0.15) is 0 Å². The van der Waals surface area contributed by atoms with Crippen LogP contribution in [0.2, 0.25) is 0 Å². The highest BCUT2D eigenvalue weighted by molar-refractivity contribution is 7.80. The van der Waals surface area contributed by atoms with Crippen LogP contribution in [0.25, 0.3) is 0 Å². The van der Waals surface area contributed by atoms with Crippen LogP contribution in [-0.4, -0.2) is 28.4 Å². The number of carbonyl (C=O) groups excluding carboxylic acids is 2. The molecule has 4 nitrogen and oxygen atoms in total. The highest BCUT2D eigenvalue weighted by Gasteiger charge is 2.54. The quantitative estimate of drug-likeness (QED) is 0.462. The minimum absolute atomic E-state index is 0.00887. The van der Waals surface area contributed by atoms with E-state index in [1.807, 2.05) is 13.8 Å². The van der Waals surface area contributed by atoms with Gasteiger partial charge in [-0.25, -0.2) is 0 Å². The lowest BCUT2D eigenvalue weighted by atomic mass is 9.69. The Kier molecular flexibility index (Phi) is 5.23. The number of amides is 2. The summed E-state index contributed by atoms with van der Waals surface area (Å²) in [4.78, 5) is 26.5. The van der Waals surface area contributed by atoms with E-state index in [1.54, 1.807) is 6.08 Å². The third kappa shape index (κ3) is 2.56. The van der Waals surface area contributed by atoms with Gasteiger partial charge in [-0.05, 0) is 31.0 Å². The van der Waals surface area contributed by atoms with Crippen molar-refractivity contribution in [2.75, 3.05) is 6.54 Å². The summed E-state index contributed by atoms with van der Waals surface area (Å²) in [5.74, 6) is -0.457. The van der Waals surface area contributed by atoms with Gasteiger partial charge in [-0.1, -0.05) is 33.3 Å². The van der Waals surface area contributed by atoms with E-state index in [9.17, 15) is 9.59 Å². The molecule has 0 aromatic rings. The molecular weight excluding hydrogens is 260 g/mol. The Balaban J connectivity index is 3.20. The van der Waals surface area contributed by atoms with E-state index < -0.39 is 5.41 Å². The Labute approximate surface area is 120 Å². The molecule has 2 unspecified atom stereocenters. The third-order valence-corrected chi connectivity index (χ3v) is 4.25. The van der Waals surface area contributed by atoms with Crippen molar-refractivity contribution in [3.8, 4) is 0 Å². The summed E-state index contributed by atoms with van der Waals surface area (Å²) in [6.45, 7) is 9.86. The fourth-order valence-corrected chi connectivity index (χ4v) is 3.03. The van der Waals surface area contributed by atoms with Crippen LogP contribution in [0.5, 0.6) is 0 Å². The van der Waals surface area contributed by atoms with Gasteiger partial charge in [-0.15, -0.1) is 6.58 Å². The topological polar surface area (TPSA) is 49.4 Å². The first-order valence-electron chi connectivity index (χ1n) is 6.73. The Morgan fingerprint density at radius 1 is 1.47 bits per heavy atom. The zero-order valence-electron chi connectivity index (χ0n) is 11.9. The molecule has 1 heterocycles. The standard InChI is InChI=1S/C14H22N2O2S/c1-5-8-10(4)14(7-3)11(17)15-13(19)16(9-6-2)12(14)18/h6,10H,2,5,7-9H2,1,3-4H3,(H,15,17,19). The van der Waals surface area contributed by atoms with Crippen molar-refractivity contribution in [2.24, 2.45) is 11.3 Å². The van der Waals surface area contributed by atoms with E-state index in [0.29, 0.717) is 13.0 Å². The molecule has 1 rings (SSSR count). The summed E-state index contributed by atoms with van der Waals surface area (Å²) in [6, 6.07) is 0. The van der Waals surface area contributed by atoms with E-state index in [0.717, 1.165) is 12.8 Å². The van der Waals surface area contributed by atoms with E-state index in [1.165, 1.54) is 4.90 Å². The zero-order valence-corrected chi connectivity index (χ0v) is 12.7. The van der Waals surface area contributed by atoms with Gasteiger partial charge in [-0.3, -0.25) is 14.5 Å². The highest BCUT2D eigenvalue weighted by Crippen LogP contribution is 2.39. The van der Waals surface area contributed by atoms with Crippen molar-refractivity contribution >= 4 is 29.1 Å². The predicted octanol–water partition coefficient (Wildman–Crippen LogP) is 2.25. The smallest absolute Gasteiger partial charge is 0.245 e. The summed E-state index contributed by atoms with van der Waals surface area (Å²) >= 11 is 5.07. The van der Waals surface area contributed by atoms with Gasteiger partial charge >= 0.3 is 0 Å². The summed E-state index contributed by atoms with van der Waals surface area (Å²) in [5.41, 5.74) is -0.999. The van der Waals surface area contributed by atoms with Gasteiger partial charge in [0.2, 0.25) is 11.8 Å². The molecule has 0 aliphatic carbocycles. The molecular formula is C14H22N2O2S. The van der Waals surface area contributed by atoms with E-state index >= 15 is 0 Å².